The molecule has 244 valence electrons. The van der Waals surface area contributed by atoms with Crippen LogP contribution >= 0.6 is 0 Å². The van der Waals surface area contributed by atoms with Crippen LogP contribution in [-0.2, 0) is 15.8 Å². The second-order valence-electron chi connectivity index (χ2n) is 12.0. The zero-order valence-electron chi connectivity index (χ0n) is 26.3. The summed E-state index contributed by atoms with van der Waals surface area (Å²) in [5.41, 5.74) is 0.0510. The molecule has 4 rings (SSSR count). The molecule has 0 spiro atoms. The standard InChI is InChI=1S/C34H45F3N6O2/c1-2-3-4-5-6-7-8-9-10-11-12-16-31(44)41-21-19-40(20-22-41)26-32(45)42-18-17-30(43-33(42)28(24-38)25-39-43)27-14-13-15-29(23-27)34(35,36)37/h13-15,17,23,25H,2-12,16,18-22,26H2,1H3. The maximum absolute atomic E-state index is 13.4. The zero-order chi connectivity index (χ0) is 32.2. The summed E-state index contributed by atoms with van der Waals surface area (Å²) < 4.78 is 41.4. The van der Waals surface area contributed by atoms with Crippen molar-refractivity contribution in [3.05, 3.63) is 53.2 Å². The van der Waals surface area contributed by atoms with Gasteiger partial charge in [-0.05, 0) is 24.6 Å². The second kappa shape index (κ2) is 16.6. The molecule has 1 aromatic carbocycles. The predicted molar refractivity (Wildman–Crippen MR) is 168 cm³/mol. The molecule has 2 amide bonds. The Balaban J connectivity index is 1.22. The van der Waals surface area contributed by atoms with E-state index in [1.54, 1.807) is 12.1 Å². The molecule has 0 aliphatic carbocycles. The van der Waals surface area contributed by atoms with Crippen molar-refractivity contribution in [2.75, 3.05) is 44.2 Å². The van der Waals surface area contributed by atoms with E-state index in [0.717, 1.165) is 25.0 Å². The Morgan fingerprint density at radius 2 is 1.56 bits per heavy atom. The van der Waals surface area contributed by atoms with E-state index in [2.05, 4.69) is 12.0 Å². The van der Waals surface area contributed by atoms with Gasteiger partial charge in [0.05, 0.1) is 24.0 Å². The summed E-state index contributed by atoms with van der Waals surface area (Å²) in [6, 6.07) is 6.97. The lowest BCUT2D eigenvalue weighted by atomic mass is 10.1. The van der Waals surface area contributed by atoms with Gasteiger partial charge in [0.15, 0.2) is 5.82 Å². The van der Waals surface area contributed by atoms with Crippen LogP contribution in [0.15, 0.2) is 36.5 Å². The van der Waals surface area contributed by atoms with Gasteiger partial charge in [-0.25, -0.2) is 4.68 Å². The Hall–Kier alpha value is -3.65. The first kappa shape index (κ1) is 34.2. The Labute approximate surface area is 264 Å². The molecule has 0 atom stereocenters. The van der Waals surface area contributed by atoms with E-state index in [-0.39, 0.29) is 36.3 Å². The minimum Gasteiger partial charge on any atom is -0.340 e. The van der Waals surface area contributed by atoms with Crippen LogP contribution in [0.4, 0.5) is 19.0 Å². The minimum absolute atomic E-state index is 0.0994. The number of nitriles is 1. The summed E-state index contributed by atoms with van der Waals surface area (Å²) in [7, 11) is 0. The number of halogens is 3. The number of unbranched alkanes of at least 4 members (excludes halogenated alkanes) is 10. The number of benzene rings is 1. The smallest absolute Gasteiger partial charge is 0.340 e. The van der Waals surface area contributed by atoms with Gasteiger partial charge in [0.2, 0.25) is 11.8 Å². The summed E-state index contributed by atoms with van der Waals surface area (Å²) in [4.78, 5) is 31.5. The van der Waals surface area contributed by atoms with Crippen LogP contribution in [-0.4, -0.2) is 70.7 Å². The summed E-state index contributed by atoms with van der Waals surface area (Å²) in [5.74, 6) is 0.175. The number of hydrogen-bond donors (Lipinski definition) is 0. The van der Waals surface area contributed by atoms with Crippen molar-refractivity contribution in [3.63, 3.8) is 0 Å². The Morgan fingerprint density at radius 3 is 2.18 bits per heavy atom. The molecule has 1 saturated heterocycles. The first-order chi connectivity index (χ1) is 21.7. The molecule has 3 heterocycles. The number of hydrogen-bond acceptors (Lipinski definition) is 5. The molecule has 0 unspecified atom stereocenters. The summed E-state index contributed by atoms with van der Waals surface area (Å²) in [6.45, 7) is 4.70. The van der Waals surface area contributed by atoms with E-state index >= 15 is 0 Å². The third-order valence-electron chi connectivity index (χ3n) is 8.68. The molecule has 2 aromatic rings. The Bertz CT molecular complexity index is 1350. The second-order valence-corrected chi connectivity index (χ2v) is 12.0. The van der Waals surface area contributed by atoms with Crippen LogP contribution in [0.3, 0.4) is 0 Å². The van der Waals surface area contributed by atoms with Gasteiger partial charge in [-0.2, -0.15) is 23.5 Å². The topological polar surface area (TPSA) is 85.5 Å². The fourth-order valence-corrected chi connectivity index (χ4v) is 6.05. The lowest BCUT2D eigenvalue weighted by Crippen LogP contribution is -2.52. The highest BCUT2D eigenvalue weighted by Crippen LogP contribution is 2.34. The minimum atomic E-state index is -4.50. The van der Waals surface area contributed by atoms with Gasteiger partial charge in [0, 0.05) is 44.7 Å². The third-order valence-corrected chi connectivity index (χ3v) is 8.68. The fraction of sp³-hybridized carbons (Fsp3) is 0.588. The quantitative estimate of drug-likeness (QED) is 0.202. The van der Waals surface area contributed by atoms with Gasteiger partial charge in [-0.15, -0.1) is 0 Å². The summed E-state index contributed by atoms with van der Waals surface area (Å²) >= 11 is 0. The maximum Gasteiger partial charge on any atom is 0.416 e. The highest BCUT2D eigenvalue weighted by atomic mass is 19.4. The average molecular weight is 627 g/mol. The van der Waals surface area contributed by atoms with Gasteiger partial charge in [-0.1, -0.05) is 83.3 Å². The molecule has 0 saturated carbocycles. The van der Waals surface area contributed by atoms with Crippen LogP contribution in [0.2, 0.25) is 0 Å². The van der Waals surface area contributed by atoms with Crippen molar-refractivity contribution in [3.8, 4) is 6.07 Å². The highest BCUT2D eigenvalue weighted by molar-refractivity contribution is 5.97. The molecule has 0 N–H and O–H groups in total. The molecular weight excluding hydrogens is 581 g/mol. The van der Waals surface area contributed by atoms with Crippen molar-refractivity contribution in [2.24, 2.45) is 0 Å². The number of amides is 2. The van der Waals surface area contributed by atoms with E-state index in [4.69, 9.17) is 0 Å². The van der Waals surface area contributed by atoms with Crippen LogP contribution in [0, 0.1) is 11.3 Å². The monoisotopic (exact) mass is 626 g/mol. The van der Waals surface area contributed by atoms with Crippen molar-refractivity contribution in [1.82, 2.24) is 19.6 Å². The number of carbonyl (C=O) groups is 2. The number of alkyl halides is 3. The summed E-state index contributed by atoms with van der Waals surface area (Å²) in [6.07, 6.45) is 12.7. The lowest BCUT2D eigenvalue weighted by molar-refractivity contribution is -0.137. The summed E-state index contributed by atoms with van der Waals surface area (Å²) in [5, 5.41) is 13.9. The number of anilines is 1. The van der Waals surface area contributed by atoms with Crippen molar-refractivity contribution in [2.45, 2.75) is 90.1 Å². The van der Waals surface area contributed by atoms with Gasteiger partial charge < -0.3 is 4.90 Å². The van der Waals surface area contributed by atoms with Crippen LogP contribution in [0.25, 0.3) is 5.70 Å². The maximum atomic E-state index is 13.4. The van der Waals surface area contributed by atoms with E-state index in [9.17, 15) is 28.0 Å². The molecular formula is C34H45F3N6O2. The van der Waals surface area contributed by atoms with Crippen molar-refractivity contribution >= 4 is 23.3 Å². The first-order valence-corrected chi connectivity index (χ1v) is 16.4. The molecule has 1 fully saturated rings. The molecule has 8 nitrogen and oxygen atoms in total. The molecule has 0 bridgehead atoms. The predicted octanol–water partition coefficient (Wildman–Crippen LogP) is 6.85. The first-order valence-electron chi connectivity index (χ1n) is 16.4. The van der Waals surface area contributed by atoms with Crippen LogP contribution < -0.4 is 4.90 Å². The van der Waals surface area contributed by atoms with E-state index < -0.39 is 11.7 Å². The normalized spacial score (nSPS) is 15.5. The molecule has 2 aliphatic rings. The van der Waals surface area contributed by atoms with Gasteiger partial charge >= 0.3 is 6.18 Å². The van der Waals surface area contributed by atoms with E-state index in [0.29, 0.717) is 43.9 Å². The SMILES string of the molecule is CCCCCCCCCCCCCC(=O)N1CCN(CC(=O)N2CC=C(c3cccc(C(F)(F)F)c3)n3ncc(C#N)c32)CC1. The Morgan fingerprint density at radius 1 is 0.911 bits per heavy atom. The third kappa shape index (κ3) is 9.42. The largest absolute Gasteiger partial charge is 0.416 e. The number of nitrogens with zero attached hydrogens (tertiary/aromatic N) is 6. The van der Waals surface area contributed by atoms with Gasteiger partial charge in [0.1, 0.15) is 11.6 Å². The fourth-order valence-electron chi connectivity index (χ4n) is 6.05. The molecule has 1 aromatic heterocycles. The number of piperazine rings is 1. The number of fused-ring (bicyclic) bond motifs is 1. The number of carbonyl (C=O) groups excluding carboxylic acids is 2. The Kier molecular flexibility index (Phi) is 12.6. The highest BCUT2D eigenvalue weighted by Gasteiger charge is 2.33. The number of rotatable bonds is 15. The lowest BCUT2D eigenvalue weighted by Gasteiger charge is -2.36. The molecule has 11 heteroatoms. The average Bonchev–Trinajstić information content (AvgIpc) is 3.47. The van der Waals surface area contributed by atoms with E-state index in [1.165, 1.54) is 79.6 Å². The van der Waals surface area contributed by atoms with Crippen LogP contribution in [0.1, 0.15) is 101 Å². The molecule has 0 radical (unpaired) electrons. The zero-order valence-corrected chi connectivity index (χ0v) is 26.3. The van der Waals surface area contributed by atoms with Gasteiger partial charge in [0.25, 0.3) is 0 Å². The number of aromatic nitrogens is 2. The van der Waals surface area contributed by atoms with E-state index in [1.807, 2.05) is 15.9 Å². The van der Waals surface area contributed by atoms with Gasteiger partial charge in [-0.3, -0.25) is 19.4 Å². The van der Waals surface area contributed by atoms with Crippen LogP contribution in [0.5, 0.6) is 0 Å². The molecule has 2 aliphatic heterocycles. The molecule has 45 heavy (non-hydrogen) atoms. The van der Waals surface area contributed by atoms with Crippen molar-refractivity contribution in [1.29, 1.82) is 5.26 Å². The van der Waals surface area contributed by atoms with Crippen molar-refractivity contribution < 1.29 is 22.8 Å².